The topological polar surface area (TPSA) is 66.5 Å². The van der Waals surface area contributed by atoms with Gasteiger partial charge in [-0.25, -0.2) is 8.42 Å². The second kappa shape index (κ2) is 8.15. The van der Waals surface area contributed by atoms with Crippen molar-refractivity contribution in [1.29, 1.82) is 0 Å². The lowest BCUT2D eigenvalue weighted by atomic mass is 9.81. The van der Waals surface area contributed by atoms with Crippen LogP contribution in [0.3, 0.4) is 0 Å². The van der Waals surface area contributed by atoms with E-state index in [0.717, 1.165) is 5.56 Å². The van der Waals surface area contributed by atoms with Crippen molar-refractivity contribution in [3.8, 4) is 0 Å². The molecule has 0 aliphatic carbocycles. The molecule has 1 aliphatic heterocycles. The van der Waals surface area contributed by atoms with Gasteiger partial charge in [-0.1, -0.05) is 69.3 Å². The molecule has 1 aliphatic rings. The van der Waals surface area contributed by atoms with Crippen LogP contribution in [0.4, 0.5) is 5.69 Å². The number of rotatable bonds is 5. The predicted octanol–water partition coefficient (Wildman–Crippen LogP) is 4.95. The molecule has 0 bridgehead atoms. The monoisotopic (exact) mass is 440 g/mol. The fourth-order valence-corrected chi connectivity index (χ4v) is 6.34. The zero-order chi connectivity index (χ0) is 23.0. The van der Waals surface area contributed by atoms with E-state index >= 15 is 0 Å². The summed E-state index contributed by atoms with van der Waals surface area (Å²) < 4.78 is 28.7. The van der Waals surface area contributed by atoms with Gasteiger partial charge in [0.05, 0.1) is 5.69 Å². The van der Waals surface area contributed by atoms with Gasteiger partial charge in [-0.05, 0) is 44.2 Å². The third-order valence-corrected chi connectivity index (χ3v) is 7.14. The van der Waals surface area contributed by atoms with Gasteiger partial charge in [0.25, 0.3) is 15.9 Å². The Hall–Kier alpha value is -2.60. The molecule has 1 amide bonds. The van der Waals surface area contributed by atoms with Crippen molar-refractivity contribution in [3.05, 3.63) is 70.6 Å². The third-order valence-electron chi connectivity index (χ3n) is 5.20. The van der Waals surface area contributed by atoms with Gasteiger partial charge in [-0.3, -0.25) is 9.10 Å². The van der Waals surface area contributed by atoms with Crippen LogP contribution in [0.5, 0.6) is 0 Å². The summed E-state index contributed by atoms with van der Waals surface area (Å²) in [5.41, 5.74) is 1.88. The van der Waals surface area contributed by atoms with Crippen LogP contribution in [0.25, 0.3) is 5.57 Å². The number of fused-ring (bicyclic) bond motifs is 1. The Morgan fingerprint density at radius 3 is 2.10 bits per heavy atom. The SMILES string of the molecule is CCN1c2ccccc2C(c2ccccc2)=C(C(=O)NC(C)(C)CC(C)(C)C)S1(=O)=O. The first-order valence-electron chi connectivity index (χ1n) is 10.6. The first kappa shape index (κ1) is 23.1. The molecule has 0 atom stereocenters. The first-order chi connectivity index (χ1) is 14.4. The molecule has 3 rings (SSSR count). The molecule has 5 nitrogen and oxygen atoms in total. The Morgan fingerprint density at radius 1 is 0.935 bits per heavy atom. The number of para-hydroxylation sites is 1. The van der Waals surface area contributed by atoms with E-state index < -0.39 is 21.5 Å². The minimum atomic E-state index is -4.04. The van der Waals surface area contributed by atoms with E-state index in [1.54, 1.807) is 13.0 Å². The van der Waals surface area contributed by atoms with Gasteiger partial charge in [0.2, 0.25) is 0 Å². The molecule has 0 saturated carbocycles. The third kappa shape index (κ3) is 4.69. The number of benzene rings is 2. The Labute approximate surface area is 186 Å². The Kier molecular flexibility index (Phi) is 6.07. The van der Waals surface area contributed by atoms with E-state index in [4.69, 9.17) is 0 Å². The second-order valence-electron chi connectivity index (χ2n) is 9.83. The van der Waals surface area contributed by atoms with Crippen molar-refractivity contribution < 1.29 is 13.2 Å². The van der Waals surface area contributed by atoms with Gasteiger partial charge < -0.3 is 5.32 Å². The standard InChI is InChI=1S/C25H32N2O3S/c1-7-27-20-16-12-11-15-19(20)21(18-13-9-8-10-14-18)22(31(27,29)30)23(28)26-25(5,6)17-24(2,3)4/h8-16H,7,17H2,1-6H3,(H,26,28). The number of hydrogen-bond acceptors (Lipinski definition) is 3. The largest absolute Gasteiger partial charge is 0.346 e. The van der Waals surface area contributed by atoms with Crippen molar-refractivity contribution in [2.45, 2.75) is 53.5 Å². The Balaban J connectivity index is 2.26. The van der Waals surface area contributed by atoms with Crippen molar-refractivity contribution in [3.63, 3.8) is 0 Å². The number of anilines is 1. The summed E-state index contributed by atoms with van der Waals surface area (Å²) in [6.07, 6.45) is 0.702. The summed E-state index contributed by atoms with van der Waals surface area (Å²) >= 11 is 0. The van der Waals surface area contributed by atoms with Gasteiger partial charge in [-0.15, -0.1) is 0 Å². The van der Waals surface area contributed by atoms with Crippen LogP contribution in [0, 0.1) is 5.41 Å². The molecule has 2 aromatic rings. The fourth-order valence-electron chi connectivity index (χ4n) is 4.59. The van der Waals surface area contributed by atoms with Crippen LogP contribution in [0.2, 0.25) is 0 Å². The average molecular weight is 441 g/mol. The number of carbonyl (C=O) groups excluding carboxylic acids is 1. The Bertz CT molecular complexity index is 1110. The maximum atomic E-state index is 13.7. The molecular weight excluding hydrogens is 408 g/mol. The van der Waals surface area contributed by atoms with Crippen LogP contribution in [-0.2, 0) is 14.8 Å². The van der Waals surface area contributed by atoms with Gasteiger partial charge in [0.15, 0.2) is 4.91 Å². The second-order valence-corrected chi connectivity index (χ2v) is 11.6. The quantitative estimate of drug-likeness (QED) is 0.716. The van der Waals surface area contributed by atoms with Crippen molar-refractivity contribution in [2.75, 3.05) is 10.8 Å². The highest BCUT2D eigenvalue weighted by atomic mass is 32.2. The Morgan fingerprint density at radius 2 is 1.52 bits per heavy atom. The number of sulfonamides is 1. The lowest BCUT2D eigenvalue weighted by Crippen LogP contribution is -2.49. The minimum Gasteiger partial charge on any atom is -0.346 e. The highest BCUT2D eigenvalue weighted by Crippen LogP contribution is 2.42. The lowest BCUT2D eigenvalue weighted by Gasteiger charge is -2.36. The molecule has 1 N–H and O–H groups in total. The van der Waals surface area contributed by atoms with Crippen LogP contribution < -0.4 is 9.62 Å². The molecule has 6 heteroatoms. The fraction of sp³-hybridized carbons (Fsp3) is 0.400. The van der Waals surface area contributed by atoms with Gasteiger partial charge in [0, 0.05) is 23.2 Å². The molecule has 31 heavy (non-hydrogen) atoms. The number of nitrogens with one attached hydrogen (secondary N) is 1. The molecule has 1 heterocycles. The lowest BCUT2D eigenvalue weighted by molar-refractivity contribution is -0.118. The molecular formula is C25H32N2O3S. The summed E-state index contributed by atoms with van der Waals surface area (Å²) in [5.74, 6) is -0.568. The van der Waals surface area contributed by atoms with E-state index in [0.29, 0.717) is 23.2 Å². The minimum absolute atomic E-state index is 0.0269. The van der Waals surface area contributed by atoms with E-state index in [-0.39, 0.29) is 16.9 Å². The maximum Gasteiger partial charge on any atom is 0.270 e. The zero-order valence-electron chi connectivity index (χ0n) is 19.2. The average Bonchev–Trinajstić information content (AvgIpc) is 2.64. The van der Waals surface area contributed by atoms with Crippen molar-refractivity contribution in [1.82, 2.24) is 5.32 Å². The molecule has 0 radical (unpaired) electrons. The summed E-state index contributed by atoms with van der Waals surface area (Å²) in [6.45, 7) is 12.2. The van der Waals surface area contributed by atoms with Crippen LogP contribution >= 0.6 is 0 Å². The molecule has 0 fully saturated rings. The van der Waals surface area contributed by atoms with Crippen molar-refractivity contribution >= 4 is 27.2 Å². The first-order valence-corrected chi connectivity index (χ1v) is 12.1. The van der Waals surface area contributed by atoms with Crippen LogP contribution in [-0.4, -0.2) is 26.4 Å². The summed E-state index contributed by atoms with van der Waals surface area (Å²) in [6, 6.07) is 16.6. The van der Waals surface area contributed by atoms with Gasteiger partial charge >= 0.3 is 0 Å². The number of hydrogen-bond donors (Lipinski definition) is 1. The number of carbonyl (C=O) groups is 1. The zero-order valence-corrected chi connectivity index (χ0v) is 20.0. The highest BCUT2D eigenvalue weighted by Gasteiger charge is 2.42. The molecule has 0 spiro atoms. The molecule has 0 aromatic heterocycles. The van der Waals surface area contributed by atoms with E-state index in [1.165, 1.54) is 4.31 Å². The van der Waals surface area contributed by atoms with Crippen LogP contribution in [0.1, 0.15) is 59.1 Å². The molecule has 0 saturated heterocycles. The van der Waals surface area contributed by atoms with Gasteiger partial charge in [0.1, 0.15) is 0 Å². The summed E-state index contributed by atoms with van der Waals surface area (Å²) in [4.78, 5) is 13.4. The van der Waals surface area contributed by atoms with E-state index in [2.05, 4.69) is 26.1 Å². The van der Waals surface area contributed by atoms with E-state index in [1.807, 2.05) is 62.4 Å². The molecule has 0 unspecified atom stereocenters. The molecule has 166 valence electrons. The summed E-state index contributed by atoms with van der Waals surface area (Å²) in [5, 5.41) is 3.01. The maximum absolute atomic E-state index is 13.7. The normalized spacial score (nSPS) is 16.1. The van der Waals surface area contributed by atoms with Crippen LogP contribution in [0.15, 0.2) is 59.5 Å². The van der Waals surface area contributed by atoms with Gasteiger partial charge in [-0.2, -0.15) is 0 Å². The number of amides is 1. The summed E-state index contributed by atoms with van der Waals surface area (Å²) in [7, 11) is -4.04. The molecule has 2 aromatic carbocycles. The highest BCUT2D eigenvalue weighted by molar-refractivity contribution is 7.97. The van der Waals surface area contributed by atoms with Crippen molar-refractivity contribution in [2.24, 2.45) is 5.41 Å². The smallest absolute Gasteiger partial charge is 0.270 e. The number of nitrogens with zero attached hydrogens (tertiary/aromatic N) is 1. The van der Waals surface area contributed by atoms with E-state index in [9.17, 15) is 13.2 Å². The predicted molar refractivity (Wildman–Crippen MR) is 127 cm³/mol.